The van der Waals surface area contributed by atoms with E-state index in [-0.39, 0.29) is 30.1 Å². The molecule has 1 unspecified atom stereocenters. The van der Waals surface area contributed by atoms with Gasteiger partial charge in [0.2, 0.25) is 0 Å². The molecule has 0 aromatic heterocycles. The Bertz CT molecular complexity index is 494. The highest BCUT2D eigenvalue weighted by Crippen LogP contribution is 2.19. The molecule has 0 radical (unpaired) electrons. The summed E-state index contributed by atoms with van der Waals surface area (Å²) in [6, 6.07) is 0.447. The van der Waals surface area contributed by atoms with Crippen LogP contribution in [0.15, 0.2) is 17.1 Å². The zero-order chi connectivity index (χ0) is 18.3. The fourth-order valence-electron chi connectivity index (χ4n) is 3.18. The lowest BCUT2D eigenvalue weighted by molar-refractivity contribution is 0.0170. The molecule has 1 amide bonds. The summed E-state index contributed by atoms with van der Waals surface area (Å²) in [5.74, 6) is 1.27. The van der Waals surface area contributed by atoms with Crippen molar-refractivity contribution in [2.24, 2.45) is 10.9 Å². The number of hydrogen-bond acceptors (Lipinski definition) is 3. The summed E-state index contributed by atoms with van der Waals surface area (Å²) < 4.78 is 5.50. The van der Waals surface area contributed by atoms with Gasteiger partial charge in [-0.1, -0.05) is 12.2 Å². The predicted octanol–water partition coefficient (Wildman–Crippen LogP) is 3.53. The molecule has 0 bridgehead atoms. The van der Waals surface area contributed by atoms with E-state index in [9.17, 15) is 4.79 Å². The van der Waals surface area contributed by atoms with Crippen molar-refractivity contribution in [1.82, 2.24) is 15.5 Å². The maximum absolute atomic E-state index is 12.3. The van der Waals surface area contributed by atoms with Gasteiger partial charge in [-0.25, -0.2) is 4.79 Å². The molecule has 150 valence electrons. The minimum Gasteiger partial charge on any atom is -0.444 e. The van der Waals surface area contributed by atoms with Crippen LogP contribution >= 0.6 is 24.0 Å². The molecule has 2 rings (SSSR count). The molecule has 26 heavy (non-hydrogen) atoms. The Morgan fingerprint density at radius 3 is 2.62 bits per heavy atom. The lowest BCUT2D eigenvalue weighted by Gasteiger charge is -2.33. The molecular weight excluding hydrogens is 443 g/mol. The number of guanidine groups is 1. The number of aliphatic imine (C=N–C) groups is 1. The molecule has 2 aliphatic rings. The zero-order valence-corrected chi connectivity index (χ0v) is 18.9. The predicted molar refractivity (Wildman–Crippen MR) is 117 cm³/mol. The van der Waals surface area contributed by atoms with E-state index in [0.717, 1.165) is 57.8 Å². The summed E-state index contributed by atoms with van der Waals surface area (Å²) >= 11 is 0. The molecule has 2 N–H and O–H groups in total. The summed E-state index contributed by atoms with van der Waals surface area (Å²) in [6.45, 7) is 10.9. The summed E-state index contributed by atoms with van der Waals surface area (Å²) in [4.78, 5) is 18.9. The van der Waals surface area contributed by atoms with Crippen LogP contribution in [-0.4, -0.2) is 54.8 Å². The van der Waals surface area contributed by atoms with E-state index in [1.165, 1.54) is 0 Å². The zero-order valence-electron chi connectivity index (χ0n) is 16.6. The number of carbonyl (C=O) groups excluding carboxylic acids is 1. The van der Waals surface area contributed by atoms with Gasteiger partial charge in [0.1, 0.15) is 5.60 Å². The number of piperidine rings is 1. The third kappa shape index (κ3) is 8.14. The van der Waals surface area contributed by atoms with Gasteiger partial charge in [-0.2, -0.15) is 0 Å². The van der Waals surface area contributed by atoms with Gasteiger partial charge in [-0.3, -0.25) is 4.99 Å². The first-order valence-electron chi connectivity index (χ1n) is 9.55. The van der Waals surface area contributed by atoms with E-state index < -0.39 is 5.60 Å². The summed E-state index contributed by atoms with van der Waals surface area (Å²) in [5, 5.41) is 6.81. The highest BCUT2D eigenvalue weighted by atomic mass is 127. The number of amides is 1. The smallest absolute Gasteiger partial charge is 0.410 e. The van der Waals surface area contributed by atoms with Crippen LogP contribution in [0.4, 0.5) is 4.79 Å². The Morgan fingerprint density at radius 2 is 2.00 bits per heavy atom. The van der Waals surface area contributed by atoms with Crippen molar-refractivity contribution < 1.29 is 9.53 Å². The first-order chi connectivity index (χ1) is 11.9. The second kappa shape index (κ2) is 11.0. The molecule has 7 heteroatoms. The molecule has 0 aromatic carbocycles. The fourth-order valence-corrected chi connectivity index (χ4v) is 3.18. The van der Waals surface area contributed by atoms with Gasteiger partial charge in [-0.15, -0.1) is 24.0 Å². The standard InChI is InChI=1S/C19H34N4O2.HI/c1-5-20-17(22-16-10-6-7-11-16)21-13-15-9-8-12-23(14-15)18(24)25-19(2,3)4;/h6-7,15-16H,5,8-14H2,1-4H3,(H2,20,21,22);1H. The number of ether oxygens (including phenoxy) is 1. The Kier molecular flexibility index (Phi) is 9.74. The SMILES string of the molecule is CCNC(=NCC1CCCN(C(=O)OC(C)(C)C)C1)NC1CC=CC1.I. The molecule has 1 aliphatic heterocycles. The van der Waals surface area contributed by atoms with E-state index in [2.05, 4.69) is 29.7 Å². The average Bonchev–Trinajstić information content (AvgIpc) is 3.04. The summed E-state index contributed by atoms with van der Waals surface area (Å²) in [7, 11) is 0. The highest BCUT2D eigenvalue weighted by molar-refractivity contribution is 14.0. The van der Waals surface area contributed by atoms with Crippen LogP contribution in [0.5, 0.6) is 0 Å². The van der Waals surface area contributed by atoms with Crippen LogP contribution in [0.2, 0.25) is 0 Å². The second-order valence-electron chi connectivity index (χ2n) is 7.94. The third-order valence-electron chi connectivity index (χ3n) is 4.37. The number of nitrogens with one attached hydrogen (secondary N) is 2. The molecule has 6 nitrogen and oxygen atoms in total. The van der Waals surface area contributed by atoms with Crippen molar-refractivity contribution >= 4 is 36.0 Å². The number of likely N-dealkylation sites (tertiary alicyclic amines) is 1. The maximum Gasteiger partial charge on any atom is 0.410 e. The molecule has 1 saturated heterocycles. The molecular formula is C19H35IN4O2. The molecule has 0 aromatic rings. The topological polar surface area (TPSA) is 66.0 Å². The van der Waals surface area contributed by atoms with Crippen LogP contribution in [0.1, 0.15) is 53.4 Å². The second-order valence-corrected chi connectivity index (χ2v) is 7.94. The lowest BCUT2D eigenvalue weighted by atomic mass is 9.98. The molecule has 1 fully saturated rings. The number of nitrogens with zero attached hydrogens (tertiary/aromatic N) is 2. The Morgan fingerprint density at radius 1 is 1.31 bits per heavy atom. The number of halogens is 1. The Balaban J connectivity index is 0.00000338. The van der Waals surface area contributed by atoms with Crippen molar-refractivity contribution in [3.8, 4) is 0 Å². The van der Waals surface area contributed by atoms with Crippen molar-refractivity contribution in [3.05, 3.63) is 12.2 Å². The van der Waals surface area contributed by atoms with E-state index in [0.29, 0.717) is 12.0 Å². The summed E-state index contributed by atoms with van der Waals surface area (Å²) in [6.07, 6.45) is 8.44. The van der Waals surface area contributed by atoms with E-state index in [4.69, 9.17) is 9.73 Å². The molecule has 0 saturated carbocycles. The van der Waals surface area contributed by atoms with Crippen LogP contribution < -0.4 is 10.6 Å². The van der Waals surface area contributed by atoms with Crippen LogP contribution in [0.25, 0.3) is 0 Å². The van der Waals surface area contributed by atoms with E-state index >= 15 is 0 Å². The largest absolute Gasteiger partial charge is 0.444 e. The van der Waals surface area contributed by atoms with Crippen molar-refractivity contribution in [3.63, 3.8) is 0 Å². The number of hydrogen-bond donors (Lipinski definition) is 2. The molecule has 1 aliphatic carbocycles. The Labute approximate surface area is 175 Å². The minimum absolute atomic E-state index is 0. The minimum atomic E-state index is -0.445. The van der Waals surface area contributed by atoms with Crippen molar-refractivity contribution in [1.29, 1.82) is 0 Å². The first-order valence-corrected chi connectivity index (χ1v) is 9.55. The maximum atomic E-state index is 12.3. The van der Waals surface area contributed by atoms with E-state index in [1.54, 1.807) is 0 Å². The van der Waals surface area contributed by atoms with Gasteiger partial charge in [-0.05, 0) is 59.3 Å². The fraction of sp³-hybridized carbons (Fsp3) is 0.789. The number of carbonyl (C=O) groups is 1. The monoisotopic (exact) mass is 478 g/mol. The lowest BCUT2D eigenvalue weighted by Crippen LogP contribution is -2.45. The molecule has 1 heterocycles. The van der Waals surface area contributed by atoms with Gasteiger partial charge in [0, 0.05) is 32.2 Å². The Hall–Kier alpha value is -0.990. The third-order valence-corrected chi connectivity index (χ3v) is 4.37. The highest BCUT2D eigenvalue weighted by Gasteiger charge is 2.27. The summed E-state index contributed by atoms with van der Waals surface area (Å²) in [5.41, 5.74) is -0.445. The normalized spacial score (nSPS) is 21.3. The van der Waals surface area contributed by atoms with Crippen LogP contribution in [-0.2, 0) is 4.74 Å². The van der Waals surface area contributed by atoms with Gasteiger partial charge >= 0.3 is 6.09 Å². The molecule has 1 atom stereocenters. The van der Waals surface area contributed by atoms with Gasteiger partial charge < -0.3 is 20.3 Å². The van der Waals surface area contributed by atoms with Crippen LogP contribution in [0.3, 0.4) is 0 Å². The van der Waals surface area contributed by atoms with Gasteiger partial charge in [0.25, 0.3) is 0 Å². The van der Waals surface area contributed by atoms with Crippen molar-refractivity contribution in [2.45, 2.75) is 65.0 Å². The van der Waals surface area contributed by atoms with E-state index in [1.807, 2.05) is 25.7 Å². The van der Waals surface area contributed by atoms with Gasteiger partial charge in [0.05, 0.1) is 0 Å². The van der Waals surface area contributed by atoms with Crippen molar-refractivity contribution in [2.75, 3.05) is 26.2 Å². The quantitative estimate of drug-likeness (QED) is 0.281. The van der Waals surface area contributed by atoms with Crippen LogP contribution in [0, 0.1) is 5.92 Å². The number of rotatable bonds is 4. The average molecular weight is 478 g/mol. The van der Waals surface area contributed by atoms with Gasteiger partial charge in [0.15, 0.2) is 5.96 Å². The molecule has 0 spiro atoms. The first kappa shape index (κ1) is 23.0.